The van der Waals surface area contributed by atoms with Crippen LogP contribution >= 0.6 is 0 Å². The number of benzene rings is 2. The number of hydrogen-bond acceptors (Lipinski definition) is 5. The molecule has 2 aliphatic rings. The van der Waals surface area contributed by atoms with Crippen LogP contribution in [0.15, 0.2) is 65.8 Å². The lowest BCUT2D eigenvalue weighted by molar-refractivity contribution is 0.0692. The fraction of sp³-hybridized carbons (Fsp3) is 0.523. The highest BCUT2D eigenvalue weighted by molar-refractivity contribution is 6.05. The van der Waals surface area contributed by atoms with Crippen molar-refractivity contribution in [3.63, 3.8) is 0 Å². The molecule has 0 heterocycles. The van der Waals surface area contributed by atoms with E-state index in [1.54, 1.807) is 0 Å². The number of carboxylic acids is 1. The second-order valence-corrected chi connectivity index (χ2v) is 14.5. The summed E-state index contributed by atoms with van der Waals surface area (Å²) in [5.74, 6) is -0.928. The van der Waals surface area contributed by atoms with Crippen LogP contribution in [0.25, 0.3) is 0 Å². The highest BCUT2D eigenvalue weighted by Crippen LogP contribution is 2.49. The Bertz CT molecular complexity index is 1570. The summed E-state index contributed by atoms with van der Waals surface area (Å²) in [5.41, 5.74) is 6.99. The van der Waals surface area contributed by atoms with Crippen LogP contribution in [0.4, 0.5) is 0 Å². The van der Waals surface area contributed by atoms with E-state index in [4.69, 9.17) is 1.37 Å². The maximum atomic E-state index is 11.8. The molecule has 278 valence electrons. The number of phenols is 4. The first-order valence-corrected chi connectivity index (χ1v) is 18.6. The third-order valence-corrected chi connectivity index (χ3v) is 10.4. The molecule has 0 saturated carbocycles. The lowest BCUT2D eigenvalue weighted by Gasteiger charge is -2.32. The first-order valence-electron chi connectivity index (χ1n) is 19.3. The monoisotopic (exact) mass is 699 g/mol. The summed E-state index contributed by atoms with van der Waals surface area (Å²) < 4.78 is 5.99. The molecule has 0 saturated heterocycles. The topological polar surface area (TPSA) is 118 Å². The third kappa shape index (κ3) is 11.6. The second-order valence-electron chi connectivity index (χ2n) is 14.5. The maximum absolute atomic E-state index is 11.8. The van der Waals surface area contributed by atoms with Gasteiger partial charge in [-0.2, -0.15) is 0 Å². The number of carbonyl (C=O) groups is 1. The van der Waals surface area contributed by atoms with Gasteiger partial charge < -0.3 is 25.5 Å². The molecule has 0 spiro atoms. The zero-order valence-electron chi connectivity index (χ0n) is 33.0. The summed E-state index contributed by atoms with van der Waals surface area (Å²) in [6, 6.07) is 5.19. The summed E-state index contributed by atoms with van der Waals surface area (Å²) in [6.45, 7) is 20.5. The molecule has 4 rings (SSSR count). The van der Waals surface area contributed by atoms with Crippen LogP contribution in [0.1, 0.15) is 152 Å². The van der Waals surface area contributed by atoms with Crippen molar-refractivity contribution >= 4 is 13.8 Å². The Balaban J connectivity index is 0.000000337. The molecule has 6 nitrogen and oxygen atoms in total. The summed E-state index contributed by atoms with van der Waals surface area (Å²) in [5, 5.41) is 52.2. The largest absolute Gasteiger partial charge is 0.507 e. The molecule has 2 aromatic rings. The van der Waals surface area contributed by atoms with Crippen molar-refractivity contribution in [2.45, 2.75) is 137 Å². The minimum absolute atomic E-state index is 0. The number of aromatic hydroxyl groups is 4. The third-order valence-electron chi connectivity index (χ3n) is 10.4. The maximum Gasteiger partial charge on any atom is 0.339 e. The van der Waals surface area contributed by atoms with E-state index in [1.807, 2.05) is 39.0 Å². The first kappa shape index (κ1) is 41.6. The van der Waals surface area contributed by atoms with Crippen LogP contribution in [0.3, 0.4) is 0 Å². The smallest absolute Gasteiger partial charge is 0.339 e. The predicted molar refractivity (Wildman–Crippen MR) is 213 cm³/mol. The van der Waals surface area contributed by atoms with Gasteiger partial charge in [0.2, 0.25) is 0 Å². The van der Waals surface area contributed by atoms with Gasteiger partial charge in [0.25, 0.3) is 0 Å². The average Bonchev–Trinajstić information content (AvgIpc) is 3.05. The van der Waals surface area contributed by atoms with Crippen molar-refractivity contribution in [1.82, 2.24) is 0 Å². The number of aromatic carboxylic acids is 1. The molecule has 2 radical (unpaired) electrons. The number of allylic oxidation sites excluding steroid dienone is 6. The second kappa shape index (κ2) is 20.9. The van der Waals surface area contributed by atoms with E-state index in [2.05, 4.69) is 47.9 Å². The van der Waals surface area contributed by atoms with Crippen molar-refractivity contribution in [3.8, 4) is 23.0 Å². The molecule has 0 aliphatic heterocycles. The van der Waals surface area contributed by atoms with Gasteiger partial charge in [0.05, 0.1) is 7.85 Å². The van der Waals surface area contributed by atoms with Gasteiger partial charge in [-0.1, -0.05) is 93.9 Å². The first-order chi connectivity index (χ1) is 24.6. The van der Waals surface area contributed by atoms with Crippen molar-refractivity contribution < 1.29 is 31.7 Å². The molecule has 5 N–H and O–H groups in total. The summed E-state index contributed by atoms with van der Waals surface area (Å²) >= 11 is 0. The van der Waals surface area contributed by atoms with Crippen molar-refractivity contribution in [2.24, 2.45) is 11.8 Å². The quantitative estimate of drug-likeness (QED) is 0.0807. The van der Waals surface area contributed by atoms with E-state index in [1.165, 1.54) is 30.1 Å². The van der Waals surface area contributed by atoms with Gasteiger partial charge in [-0.3, -0.25) is 0 Å². The molecular formula is C44H63BO6. The van der Waals surface area contributed by atoms with E-state index in [9.17, 15) is 30.3 Å². The Hall–Kier alpha value is -3.87. The van der Waals surface area contributed by atoms with E-state index < -0.39 is 5.97 Å². The molecule has 7 heteroatoms. The molecular weight excluding hydrogens is 635 g/mol. The van der Waals surface area contributed by atoms with Crippen LogP contribution in [-0.2, 0) is 12.8 Å². The summed E-state index contributed by atoms with van der Waals surface area (Å²) in [7, 11) is 4.51. The Morgan fingerprint density at radius 1 is 0.784 bits per heavy atom. The molecule has 0 aromatic heterocycles. The van der Waals surface area contributed by atoms with E-state index in [0.29, 0.717) is 23.1 Å². The highest BCUT2D eigenvalue weighted by atomic mass is 16.4. The predicted octanol–water partition coefficient (Wildman–Crippen LogP) is 11.6. The molecule has 0 fully saturated rings. The molecule has 4 atom stereocenters. The van der Waals surface area contributed by atoms with Gasteiger partial charge in [0.1, 0.15) is 28.6 Å². The highest BCUT2D eigenvalue weighted by Gasteiger charge is 2.33. The minimum atomic E-state index is -1.15. The molecule has 0 unspecified atom stereocenters. The van der Waals surface area contributed by atoms with Crippen molar-refractivity contribution in [1.29, 1.82) is 0 Å². The van der Waals surface area contributed by atoms with Crippen LogP contribution in [0.5, 0.6) is 23.0 Å². The molecule has 0 amide bonds. The van der Waals surface area contributed by atoms with E-state index in [-0.39, 0.29) is 59.0 Å². The lowest BCUT2D eigenvalue weighted by Crippen LogP contribution is -2.18. The van der Waals surface area contributed by atoms with Crippen LogP contribution in [-0.4, -0.2) is 39.3 Å². The zero-order chi connectivity index (χ0) is 39.1. The zero-order valence-corrected chi connectivity index (χ0v) is 32.0. The average molecular weight is 700 g/mol. The van der Waals surface area contributed by atoms with Gasteiger partial charge in [0.15, 0.2) is 0 Å². The molecule has 0 bridgehead atoms. The standard InChI is InChI=1S/C22H30O4.C21H30O2.CH3B/c1-5-6-7-8-15-12-18(23)20(21(24)19(15)22(25)26)17-11-14(4)9-10-16(17)13(2)3;1-5-6-7-8-16-12-19(22)21(20(23)13-16)18-11-15(4)9-10-17(18)14(2)3;1-2/h11-12,16-17,23-24H,2,5-10H2,1,3-4H3,(H,25,26);11-13,17-18,22-23H,2,5-10H2,1,3-4H3;1H3/t16-,17+;17-,18+;/m00./s1/i;;1D. The Kier molecular flexibility index (Phi) is 17.0. The normalized spacial score (nSPS) is 20.0. The fourth-order valence-corrected chi connectivity index (χ4v) is 7.61. The molecule has 51 heavy (non-hydrogen) atoms. The van der Waals surface area contributed by atoms with Crippen LogP contribution < -0.4 is 0 Å². The van der Waals surface area contributed by atoms with E-state index in [0.717, 1.165) is 74.5 Å². The van der Waals surface area contributed by atoms with Gasteiger partial charge in [0, 0.05) is 24.3 Å². The Labute approximate surface area is 310 Å². The molecule has 2 aliphatic carbocycles. The molecule has 2 aromatic carbocycles. The summed E-state index contributed by atoms with van der Waals surface area (Å²) in [6.07, 6.45) is 15.8. The number of hydrogen-bond donors (Lipinski definition) is 5. The van der Waals surface area contributed by atoms with Gasteiger partial charge in [-0.05, 0) is 120 Å². The van der Waals surface area contributed by atoms with Gasteiger partial charge in [-0.15, -0.1) is 0 Å². The number of phenolic OH excluding ortho intramolecular Hbond substituents is 3. The number of aryl methyl sites for hydroxylation is 2. The number of carboxylic acid groups (broad SMARTS) is 1. The van der Waals surface area contributed by atoms with Gasteiger partial charge in [-0.25, -0.2) is 4.79 Å². The Morgan fingerprint density at radius 2 is 1.22 bits per heavy atom. The van der Waals surface area contributed by atoms with E-state index >= 15 is 0 Å². The SMILES string of the molecule is C=C(C)[C@@H]1CCC(C)=C[C@H]1c1c(O)cc(CCCCC)c(C(=O)O)c1O.C=C(C)[C@@H]1CCC(C)=C[C@H]1c1c(O)cc(CCCCC)cc1O.[2H]C[B]. The lowest BCUT2D eigenvalue weighted by atomic mass is 9.73. The summed E-state index contributed by atoms with van der Waals surface area (Å²) in [4.78, 5) is 11.8. The van der Waals surface area contributed by atoms with Gasteiger partial charge >= 0.3 is 5.97 Å². The number of unbranched alkanes of at least 4 members (excludes halogenated alkanes) is 4. The number of rotatable bonds is 13. The Morgan fingerprint density at radius 3 is 1.65 bits per heavy atom. The minimum Gasteiger partial charge on any atom is -0.507 e. The van der Waals surface area contributed by atoms with Crippen LogP contribution in [0.2, 0.25) is 6.80 Å². The van der Waals surface area contributed by atoms with Crippen LogP contribution in [0, 0.1) is 11.8 Å². The fourth-order valence-electron chi connectivity index (χ4n) is 7.61. The van der Waals surface area contributed by atoms with Crippen molar-refractivity contribution in [3.05, 3.63) is 93.6 Å². The van der Waals surface area contributed by atoms with Crippen molar-refractivity contribution in [2.75, 3.05) is 0 Å².